The summed E-state index contributed by atoms with van der Waals surface area (Å²) in [4.78, 5) is 57.8. The van der Waals surface area contributed by atoms with Gasteiger partial charge in [0.1, 0.15) is 11.4 Å². The largest absolute Gasteiger partial charge is 0.503 e. The molecule has 0 spiro atoms. The van der Waals surface area contributed by atoms with Gasteiger partial charge in [-0.3, -0.25) is 18.9 Å². The van der Waals surface area contributed by atoms with Crippen LogP contribution in [0.15, 0.2) is 27.6 Å². The minimum absolute atomic E-state index is 0.000735. The number of nitrogens with two attached hydrogens (primary N) is 1. The first-order chi connectivity index (χ1) is 17.0. The first-order valence-electron chi connectivity index (χ1n) is 9.90. The van der Waals surface area contributed by atoms with Crippen LogP contribution in [0, 0.1) is 5.92 Å². The van der Waals surface area contributed by atoms with E-state index in [1.807, 2.05) is 0 Å². The molecule has 1 unspecified atom stereocenters. The molecule has 0 aromatic carbocycles. The SMILES string of the molecule is CC1(C)[C@H](CC(=O)/C(=N\OC(C(=O)O)c2cc(=O)c(O)cn2O)c2csc(N)n2)C(=O)N1OS(=O)(=O)O. The second-order valence-electron chi connectivity index (χ2n) is 8.10. The number of aliphatic carboxylic acids is 1. The van der Waals surface area contributed by atoms with Crippen molar-refractivity contribution in [1.82, 2.24) is 14.8 Å². The number of nitrogens with zero attached hydrogens (tertiary/aromatic N) is 4. The van der Waals surface area contributed by atoms with Gasteiger partial charge in [0.15, 0.2) is 22.4 Å². The molecule has 1 fully saturated rings. The molecule has 17 nitrogen and oxygen atoms in total. The molecule has 0 bridgehead atoms. The number of aromatic hydroxyl groups is 1. The predicted molar refractivity (Wildman–Crippen MR) is 121 cm³/mol. The summed E-state index contributed by atoms with van der Waals surface area (Å²) in [5, 5.41) is 34.0. The minimum Gasteiger partial charge on any atom is -0.503 e. The fourth-order valence-electron chi connectivity index (χ4n) is 3.34. The highest BCUT2D eigenvalue weighted by molar-refractivity contribution is 7.80. The van der Waals surface area contributed by atoms with Crippen LogP contribution in [0.2, 0.25) is 0 Å². The van der Waals surface area contributed by atoms with E-state index in [2.05, 4.69) is 14.4 Å². The monoisotopic (exact) mass is 561 g/mol. The molecule has 0 aliphatic carbocycles. The maximum Gasteiger partial charge on any atom is 0.418 e. The van der Waals surface area contributed by atoms with E-state index in [4.69, 9.17) is 15.1 Å². The van der Waals surface area contributed by atoms with Crippen LogP contribution in [0.5, 0.6) is 5.75 Å². The van der Waals surface area contributed by atoms with Crippen molar-refractivity contribution in [2.75, 3.05) is 5.73 Å². The van der Waals surface area contributed by atoms with Crippen LogP contribution in [0.25, 0.3) is 0 Å². The number of hydroxylamine groups is 2. The average molecular weight is 562 g/mol. The number of aromatic nitrogens is 2. The van der Waals surface area contributed by atoms with Crippen molar-refractivity contribution in [2.24, 2.45) is 11.1 Å². The van der Waals surface area contributed by atoms with Gasteiger partial charge in [0.2, 0.25) is 5.43 Å². The number of hydrogen-bond donors (Lipinski definition) is 5. The van der Waals surface area contributed by atoms with Crippen molar-refractivity contribution >= 4 is 50.2 Å². The van der Waals surface area contributed by atoms with Gasteiger partial charge in [-0.15, -0.1) is 15.6 Å². The number of thiazole rings is 1. The molecule has 200 valence electrons. The molecule has 2 aromatic heterocycles. The highest BCUT2D eigenvalue weighted by Crippen LogP contribution is 2.40. The van der Waals surface area contributed by atoms with Gasteiger partial charge in [-0.05, 0) is 13.8 Å². The standard InChI is InChI=1S/C18H19N5O12S2/c1-18(2)7(15(27)23(18)35-37(31,32)33)3-11(25)13(8-6-36-17(19)20-8)21-34-14(16(28)29)9-4-10(24)12(26)5-22(9)30/h4-7,14,26,30H,3H2,1-2H3,(H2,19,20)(H,28,29)(H,31,32,33)/b21-13-/t7-,14?/m1/s1. The predicted octanol–water partition coefficient (Wildman–Crippen LogP) is -0.693. The van der Waals surface area contributed by atoms with Crippen LogP contribution in [-0.2, 0) is 33.9 Å². The quantitative estimate of drug-likeness (QED) is 0.0790. The Morgan fingerprint density at radius 3 is 2.51 bits per heavy atom. The first-order valence-corrected chi connectivity index (χ1v) is 12.1. The van der Waals surface area contributed by atoms with Crippen molar-refractivity contribution < 1.29 is 51.9 Å². The van der Waals surface area contributed by atoms with Crippen LogP contribution >= 0.6 is 11.3 Å². The summed E-state index contributed by atoms with van der Waals surface area (Å²) in [7, 11) is -5.02. The molecule has 1 aliphatic rings. The summed E-state index contributed by atoms with van der Waals surface area (Å²) in [5.74, 6) is -5.63. The summed E-state index contributed by atoms with van der Waals surface area (Å²) < 4.78 is 35.2. The van der Waals surface area contributed by atoms with Crippen molar-refractivity contribution in [2.45, 2.75) is 31.9 Å². The number of pyridine rings is 1. The zero-order chi connectivity index (χ0) is 27.9. The summed E-state index contributed by atoms with van der Waals surface area (Å²) in [5.41, 5.74) is 1.79. The zero-order valence-electron chi connectivity index (χ0n) is 18.8. The number of amides is 1. The Bertz CT molecular complexity index is 1460. The van der Waals surface area contributed by atoms with Gasteiger partial charge < -0.3 is 26.0 Å². The van der Waals surface area contributed by atoms with E-state index in [1.165, 1.54) is 19.2 Å². The molecule has 2 aromatic rings. The fourth-order valence-corrected chi connectivity index (χ4v) is 4.34. The molecule has 37 heavy (non-hydrogen) atoms. The maximum atomic E-state index is 13.1. The number of oxime groups is 1. The number of carboxylic acid groups (broad SMARTS) is 1. The molecule has 6 N–H and O–H groups in total. The minimum atomic E-state index is -5.02. The van der Waals surface area contributed by atoms with Crippen molar-refractivity contribution in [3.05, 3.63) is 39.3 Å². The number of rotatable bonds is 10. The molecule has 2 atom stereocenters. The average Bonchev–Trinajstić information content (AvgIpc) is 3.21. The topological polar surface area (TPSA) is 261 Å². The molecule has 3 rings (SSSR count). The lowest BCUT2D eigenvalue weighted by Crippen LogP contribution is -2.68. The summed E-state index contributed by atoms with van der Waals surface area (Å²) >= 11 is 0.898. The molecule has 1 aliphatic heterocycles. The normalized spacial score (nSPS) is 18.2. The number of nitrogen functional groups attached to an aromatic ring is 1. The lowest BCUT2D eigenvalue weighted by atomic mass is 9.74. The van der Waals surface area contributed by atoms with Gasteiger partial charge in [-0.1, -0.05) is 5.16 Å². The molecule has 3 heterocycles. The summed E-state index contributed by atoms with van der Waals surface area (Å²) in [6.07, 6.45) is -2.21. The fraction of sp³-hybridized carbons (Fsp3) is 0.333. The van der Waals surface area contributed by atoms with Crippen molar-refractivity contribution in [1.29, 1.82) is 0 Å². The van der Waals surface area contributed by atoms with E-state index in [1.54, 1.807) is 0 Å². The van der Waals surface area contributed by atoms with Gasteiger partial charge in [-0.2, -0.15) is 18.2 Å². The number of hydrogen-bond acceptors (Lipinski definition) is 14. The second kappa shape index (κ2) is 9.76. The Morgan fingerprint density at radius 2 is 2.00 bits per heavy atom. The summed E-state index contributed by atoms with van der Waals surface area (Å²) in [6.45, 7) is 2.72. The van der Waals surface area contributed by atoms with Crippen LogP contribution in [0.4, 0.5) is 5.13 Å². The van der Waals surface area contributed by atoms with Crippen molar-refractivity contribution in [3.63, 3.8) is 0 Å². The lowest BCUT2D eigenvalue weighted by Gasteiger charge is -2.50. The molecule has 1 amide bonds. The Hall–Kier alpha value is -4.07. The highest BCUT2D eigenvalue weighted by Gasteiger charge is 2.57. The number of carbonyl (C=O) groups is 3. The van der Waals surface area contributed by atoms with Gasteiger partial charge in [0.25, 0.3) is 12.0 Å². The maximum absolute atomic E-state index is 13.1. The lowest BCUT2D eigenvalue weighted by molar-refractivity contribution is -0.228. The smallest absolute Gasteiger partial charge is 0.418 e. The van der Waals surface area contributed by atoms with E-state index >= 15 is 0 Å². The van der Waals surface area contributed by atoms with Crippen LogP contribution in [0.1, 0.15) is 37.8 Å². The third-order valence-electron chi connectivity index (χ3n) is 5.24. The highest BCUT2D eigenvalue weighted by atomic mass is 32.3. The number of ketones is 1. The van der Waals surface area contributed by atoms with E-state index in [9.17, 15) is 43.0 Å². The molecule has 19 heteroatoms. The van der Waals surface area contributed by atoms with Gasteiger partial charge in [-0.25, -0.2) is 9.78 Å². The summed E-state index contributed by atoms with van der Waals surface area (Å²) in [6, 6.07) is 0.575. The second-order valence-corrected chi connectivity index (χ2v) is 9.99. The number of carboxylic acids is 1. The number of anilines is 1. The van der Waals surface area contributed by atoms with Gasteiger partial charge in [0.05, 0.1) is 17.7 Å². The molecular weight excluding hydrogens is 542 g/mol. The molecule has 0 radical (unpaired) electrons. The zero-order valence-corrected chi connectivity index (χ0v) is 20.5. The van der Waals surface area contributed by atoms with Crippen LogP contribution < -0.4 is 11.2 Å². The van der Waals surface area contributed by atoms with E-state index in [-0.39, 0.29) is 15.6 Å². The number of β-lactam (4-membered cyclic amide) rings is 1. The van der Waals surface area contributed by atoms with Crippen LogP contribution in [-0.4, -0.2) is 72.1 Å². The Labute approximate surface area is 210 Å². The first kappa shape index (κ1) is 27.5. The van der Waals surface area contributed by atoms with Gasteiger partial charge >= 0.3 is 16.4 Å². The van der Waals surface area contributed by atoms with Gasteiger partial charge in [0, 0.05) is 17.9 Å². The Kier molecular flexibility index (Phi) is 7.26. The van der Waals surface area contributed by atoms with E-state index in [0.717, 1.165) is 11.3 Å². The van der Waals surface area contributed by atoms with Crippen LogP contribution in [0.3, 0.4) is 0 Å². The van der Waals surface area contributed by atoms with E-state index < -0.39 is 74.6 Å². The molecule has 0 saturated carbocycles. The Morgan fingerprint density at radius 1 is 1.35 bits per heavy atom. The Balaban J connectivity index is 1.93. The number of Topliss-reactive ketones (excluding diaryl/α,β-unsaturated/α-hetero) is 1. The molecule has 1 saturated heterocycles. The van der Waals surface area contributed by atoms with E-state index in [0.29, 0.717) is 17.3 Å². The third-order valence-corrected chi connectivity index (χ3v) is 6.26. The molecular formula is C18H19N5O12S2. The number of carbonyl (C=O) groups excluding carboxylic acids is 2. The van der Waals surface area contributed by atoms with Crippen molar-refractivity contribution in [3.8, 4) is 5.75 Å². The third kappa shape index (κ3) is 5.69.